The molecule has 0 aliphatic heterocycles. The summed E-state index contributed by atoms with van der Waals surface area (Å²) in [6.45, 7) is 0.802. The number of amides is 1. The Labute approximate surface area is 96.0 Å². The molecule has 0 saturated heterocycles. The lowest BCUT2D eigenvalue weighted by atomic mass is 10.2. The van der Waals surface area contributed by atoms with Crippen LogP contribution in [0.2, 0.25) is 0 Å². The van der Waals surface area contributed by atoms with Crippen molar-refractivity contribution >= 4 is 11.6 Å². The molecule has 4 nitrogen and oxygen atoms in total. The minimum atomic E-state index is -0.251. The van der Waals surface area contributed by atoms with Crippen molar-refractivity contribution in [3.05, 3.63) is 24.3 Å². The number of nitrogens with zero attached hydrogens (tertiary/aromatic N) is 1. The van der Waals surface area contributed by atoms with E-state index in [1.807, 2.05) is 31.3 Å². The third-order valence-electron chi connectivity index (χ3n) is 2.41. The Morgan fingerprint density at radius 2 is 2.25 bits per heavy atom. The highest BCUT2D eigenvalue weighted by Gasteiger charge is 2.02. The highest BCUT2D eigenvalue weighted by molar-refractivity contribution is 5.73. The highest BCUT2D eigenvalue weighted by Crippen LogP contribution is 2.19. The lowest BCUT2D eigenvalue weighted by molar-refractivity contribution is -0.118. The summed E-state index contributed by atoms with van der Waals surface area (Å²) < 4.78 is 5.15. The second kappa shape index (κ2) is 6.00. The largest absolute Gasteiger partial charge is 0.497 e. The van der Waals surface area contributed by atoms with Crippen LogP contribution in [0.25, 0.3) is 0 Å². The number of carbonyl (C=O) groups excluding carboxylic acids is 1. The Kier molecular flexibility index (Phi) is 4.64. The molecule has 0 radical (unpaired) electrons. The molecule has 2 N–H and O–H groups in total. The van der Waals surface area contributed by atoms with E-state index in [4.69, 9.17) is 10.5 Å². The number of carbonyl (C=O) groups is 1. The minimum absolute atomic E-state index is 0.251. The summed E-state index contributed by atoms with van der Waals surface area (Å²) in [7, 11) is 3.63. The van der Waals surface area contributed by atoms with Crippen LogP contribution >= 0.6 is 0 Å². The predicted molar refractivity (Wildman–Crippen MR) is 64.7 cm³/mol. The fourth-order valence-corrected chi connectivity index (χ4v) is 1.47. The standard InChI is InChI=1S/C12H18N2O2/c1-14(8-4-7-12(13)15)10-5-3-6-11(9-10)16-2/h3,5-6,9H,4,7-8H2,1-2H3,(H2,13,15). The number of anilines is 1. The number of hydrogen-bond donors (Lipinski definition) is 1. The Bertz CT molecular complexity index is 353. The van der Waals surface area contributed by atoms with Crippen molar-refractivity contribution in [3.8, 4) is 5.75 Å². The van der Waals surface area contributed by atoms with Crippen molar-refractivity contribution in [2.75, 3.05) is 25.6 Å². The molecule has 4 heteroatoms. The molecule has 0 aliphatic rings. The molecule has 0 saturated carbocycles. The summed E-state index contributed by atoms with van der Waals surface area (Å²) in [6, 6.07) is 7.82. The van der Waals surface area contributed by atoms with Crippen LogP contribution in [-0.2, 0) is 4.79 Å². The van der Waals surface area contributed by atoms with Crippen LogP contribution in [-0.4, -0.2) is 26.6 Å². The Hall–Kier alpha value is -1.71. The van der Waals surface area contributed by atoms with Crippen molar-refractivity contribution < 1.29 is 9.53 Å². The van der Waals surface area contributed by atoms with Crippen LogP contribution in [0.3, 0.4) is 0 Å². The van der Waals surface area contributed by atoms with Gasteiger partial charge in [-0.25, -0.2) is 0 Å². The van der Waals surface area contributed by atoms with Gasteiger partial charge in [-0.15, -0.1) is 0 Å². The van der Waals surface area contributed by atoms with E-state index >= 15 is 0 Å². The van der Waals surface area contributed by atoms with Gasteiger partial charge in [0.25, 0.3) is 0 Å². The van der Waals surface area contributed by atoms with Crippen LogP contribution < -0.4 is 15.4 Å². The number of benzene rings is 1. The Morgan fingerprint density at radius 3 is 2.88 bits per heavy atom. The van der Waals surface area contributed by atoms with Crippen molar-refractivity contribution in [3.63, 3.8) is 0 Å². The number of nitrogens with two attached hydrogens (primary N) is 1. The zero-order valence-corrected chi connectivity index (χ0v) is 9.77. The summed E-state index contributed by atoms with van der Waals surface area (Å²) in [5, 5.41) is 0. The van der Waals surface area contributed by atoms with Gasteiger partial charge in [0.1, 0.15) is 5.75 Å². The molecular weight excluding hydrogens is 204 g/mol. The molecule has 0 atom stereocenters. The van der Waals surface area contributed by atoms with Crippen LogP contribution in [0.4, 0.5) is 5.69 Å². The molecular formula is C12H18N2O2. The molecule has 1 amide bonds. The molecule has 1 rings (SSSR count). The summed E-state index contributed by atoms with van der Waals surface area (Å²) in [5.74, 6) is 0.582. The maximum absolute atomic E-state index is 10.6. The first-order valence-electron chi connectivity index (χ1n) is 5.27. The number of methoxy groups -OCH3 is 1. The smallest absolute Gasteiger partial charge is 0.217 e. The molecule has 0 spiro atoms. The van der Waals surface area contributed by atoms with Crippen LogP contribution in [0.5, 0.6) is 5.75 Å². The fraction of sp³-hybridized carbons (Fsp3) is 0.417. The van der Waals surface area contributed by atoms with Gasteiger partial charge in [-0.2, -0.15) is 0 Å². The number of hydrogen-bond acceptors (Lipinski definition) is 3. The molecule has 0 aromatic heterocycles. The van der Waals surface area contributed by atoms with E-state index in [9.17, 15) is 4.79 Å². The van der Waals surface area contributed by atoms with E-state index in [0.717, 1.165) is 24.4 Å². The van der Waals surface area contributed by atoms with Crippen molar-refractivity contribution in [2.45, 2.75) is 12.8 Å². The van der Waals surface area contributed by atoms with E-state index in [0.29, 0.717) is 6.42 Å². The van der Waals surface area contributed by atoms with Gasteiger partial charge in [0, 0.05) is 31.8 Å². The average Bonchev–Trinajstić information content (AvgIpc) is 2.28. The molecule has 0 fully saturated rings. The van der Waals surface area contributed by atoms with E-state index in [-0.39, 0.29) is 5.91 Å². The number of primary amides is 1. The quantitative estimate of drug-likeness (QED) is 0.791. The zero-order valence-electron chi connectivity index (χ0n) is 9.77. The van der Waals surface area contributed by atoms with Gasteiger partial charge in [0.2, 0.25) is 5.91 Å². The van der Waals surface area contributed by atoms with Gasteiger partial charge in [0.15, 0.2) is 0 Å². The molecule has 1 aromatic rings. The topological polar surface area (TPSA) is 55.6 Å². The highest BCUT2D eigenvalue weighted by atomic mass is 16.5. The normalized spacial score (nSPS) is 9.88. The fourth-order valence-electron chi connectivity index (χ4n) is 1.47. The van der Waals surface area contributed by atoms with Gasteiger partial charge in [-0.05, 0) is 18.6 Å². The molecule has 1 aromatic carbocycles. The van der Waals surface area contributed by atoms with Crippen LogP contribution in [0, 0.1) is 0 Å². The third kappa shape index (κ3) is 3.81. The first-order chi connectivity index (χ1) is 7.63. The van der Waals surface area contributed by atoms with Gasteiger partial charge < -0.3 is 15.4 Å². The predicted octanol–water partition coefficient (Wildman–Crippen LogP) is 1.40. The van der Waals surface area contributed by atoms with Crippen LogP contribution in [0.1, 0.15) is 12.8 Å². The minimum Gasteiger partial charge on any atom is -0.497 e. The average molecular weight is 222 g/mol. The van der Waals surface area contributed by atoms with E-state index in [2.05, 4.69) is 4.90 Å². The van der Waals surface area contributed by atoms with Crippen molar-refractivity contribution in [1.29, 1.82) is 0 Å². The van der Waals surface area contributed by atoms with Crippen molar-refractivity contribution in [1.82, 2.24) is 0 Å². The summed E-state index contributed by atoms with van der Waals surface area (Å²) in [4.78, 5) is 12.7. The van der Waals surface area contributed by atoms with Gasteiger partial charge in [-0.1, -0.05) is 6.07 Å². The molecule has 0 bridgehead atoms. The maximum atomic E-state index is 10.6. The lowest BCUT2D eigenvalue weighted by Crippen LogP contribution is -2.20. The molecule has 0 aliphatic carbocycles. The second-order valence-corrected chi connectivity index (χ2v) is 3.69. The van der Waals surface area contributed by atoms with Gasteiger partial charge in [0.05, 0.1) is 7.11 Å². The first kappa shape index (κ1) is 12.4. The molecule has 0 unspecified atom stereocenters. The SMILES string of the molecule is COc1cccc(N(C)CCCC(N)=O)c1. The van der Waals surface area contributed by atoms with E-state index in [1.165, 1.54) is 0 Å². The Morgan fingerprint density at radius 1 is 1.50 bits per heavy atom. The Balaban J connectivity index is 2.51. The van der Waals surface area contributed by atoms with Gasteiger partial charge >= 0.3 is 0 Å². The second-order valence-electron chi connectivity index (χ2n) is 3.69. The number of rotatable bonds is 6. The third-order valence-corrected chi connectivity index (χ3v) is 2.41. The number of ether oxygens (including phenoxy) is 1. The molecule has 0 heterocycles. The van der Waals surface area contributed by atoms with E-state index in [1.54, 1.807) is 7.11 Å². The van der Waals surface area contributed by atoms with Crippen LogP contribution in [0.15, 0.2) is 24.3 Å². The molecule has 88 valence electrons. The van der Waals surface area contributed by atoms with Gasteiger partial charge in [-0.3, -0.25) is 4.79 Å². The molecule has 16 heavy (non-hydrogen) atoms. The lowest BCUT2D eigenvalue weighted by Gasteiger charge is -2.19. The van der Waals surface area contributed by atoms with E-state index < -0.39 is 0 Å². The van der Waals surface area contributed by atoms with Crippen molar-refractivity contribution in [2.24, 2.45) is 5.73 Å². The zero-order chi connectivity index (χ0) is 12.0. The first-order valence-corrected chi connectivity index (χ1v) is 5.27. The summed E-state index contributed by atoms with van der Waals surface area (Å²) >= 11 is 0. The maximum Gasteiger partial charge on any atom is 0.217 e. The summed E-state index contributed by atoms with van der Waals surface area (Å²) in [6.07, 6.45) is 1.19. The monoisotopic (exact) mass is 222 g/mol. The summed E-state index contributed by atoms with van der Waals surface area (Å²) in [5.41, 5.74) is 6.16.